The summed E-state index contributed by atoms with van der Waals surface area (Å²) in [5.41, 5.74) is 7.79. The predicted molar refractivity (Wildman–Crippen MR) is 123 cm³/mol. The Morgan fingerprint density at radius 1 is 0.931 bits per heavy atom. The van der Waals surface area contributed by atoms with Gasteiger partial charge in [-0.3, -0.25) is 4.90 Å². The Bertz CT molecular complexity index is 730. The number of primary amides is 1. The third-order valence-electron chi connectivity index (χ3n) is 5.98. The molecule has 2 rings (SSSR count). The average molecular weight is 417 g/mol. The number of quaternary nitrogens is 1. The molecule has 5 heteroatoms. The number of likely N-dealkylation sites (N-methyl/N-ethyl adjacent to an activating group) is 1. The van der Waals surface area contributed by atoms with Crippen molar-refractivity contribution in [3.05, 3.63) is 65.2 Å². The van der Waals surface area contributed by atoms with Crippen molar-refractivity contribution < 1.29 is 9.28 Å². The fourth-order valence-electron chi connectivity index (χ4n) is 3.85. The van der Waals surface area contributed by atoms with Crippen molar-refractivity contribution in [3.63, 3.8) is 0 Å². The number of halogens is 1. The smallest absolute Gasteiger partial charge is 0.319 e. The Hall–Kier alpha value is -2.04. The molecule has 2 N–H and O–H groups in total. The number of nitrogens with zero attached hydrogens (tertiary/aromatic N) is 2. The van der Waals surface area contributed by atoms with Crippen molar-refractivity contribution in [2.75, 3.05) is 37.6 Å². The molecule has 29 heavy (non-hydrogen) atoms. The Morgan fingerprint density at radius 2 is 1.59 bits per heavy atom. The zero-order valence-electron chi connectivity index (χ0n) is 17.8. The number of carbonyl (C=O) groups is 1. The lowest BCUT2D eigenvalue weighted by molar-refractivity contribution is -0.925. The molecule has 0 aliphatic carbocycles. The Labute approximate surface area is 180 Å². The first-order chi connectivity index (χ1) is 14.0. The zero-order valence-corrected chi connectivity index (χ0v) is 18.6. The third kappa shape index (κ3) is 7.37. The minimum Gasteiger partial charge on any atom is -0.351 e. The van der Waals surface area contributed by atoms with Crippen LogP contribution in [0.25, 0.3) is 0 Å². The number of unbranched alkanes of at least 4 members (excludes halogenated alkanes) is 2. The molecule has 158 valence electrons. The highest BCUT2D eigenvalue weighted by atomic mass is 35.5. The molecular formula is C24H35ClN3O+. The van der Waals surface area contributed by atoms with Gasteiger partial charge in [0, 0.05) is 23.7 Å². The first-order valence-corrected chi connectivity index (χ1v) is 11.1. The maximum absolute atomic E-state index is 11.8. The second-order valence-electron chi connectivity index (χ2n) is 7.68. The summed E-state index contributed by atoms with van der Waals surface area (Å²) in [7, 11) is 0. The number of hydrogen-bond acceptors (Lipinski definition) is 1. The molecule has 0 bridgehead atoms. The molecule has 0 heterocycles. The summed E-state index contributed by atoms with van der Waals surface area (Å²) in [5, 5.41) is 0.793. The first kappa shape index (κ1) is 23.2. The van der Waals surface area contributed by atoms with Crippen molar-refractivity contribution in [3.8, 4) is 0 Å². The van der Waals surface area contributed by atoms with Gasteiger partial charge in [-0.05, 0) is 62.9 Å². The first-order valence-electron chi connectivity index (χ1n) is 10.7. The van der Waals surface area contributed by atoms with Crippen molar-refractivity contribution in [2.45, 2.75) is 39.5 Å². The van der Waals surface area contributed by atoms with Gasteiger partial charge in [-0.2, -0.15) is 0 Å². The summed E-state index contributed by atoms with van der Waals surface area (Å²) in [5.74, 6) is 0. The molecule has 2 aromatic carbocycles. The van der Waals surface area contributed by atoms with Gasteiger partial charge in [0.25, 0.3) is 0 Å². The highest BCUT2D eigenvalue weighted by Crippen LogP contribution is 2.17. The molecule has 0 saturated heterocycles. The number of urea groups is 1. The van der Waals surface area contributed by atoms with Crippen LogP contribution in [-0.4, -0.2) is 43.2 Å². The SMILES string of the molecule is CC[N+](CC)(CCCCCN(C(N)=O)c1ccccc1)CCc1ccc(Cl)cc1. The number of para-hydroxylation sites is 1. The maximum atomic E-state index is 11.8. The number of carbonyl (C=O) groups excluding carboxylic acids is 1. The van der Waals surface area contributed by atoms with Gasteiger partial charge in [0.05, 0.1) is 26.2 Å². The fraction of sp³-hybridized carbons (Fsp3) is 0.458. The van der Waals surface area contributed by atoms with Gasteiger partial charge in [-0.1, -0.05) is 41.9 Å². The largest absolute Gasteiger partial charge is 0.351 e. The van der Waals surface area contributed by atoms with Gasteiger partial charge >= 0.3 is 6.03 Å². The van der Waals surface area contributed by atoms with Crippen LogP contribution in [0, 0.1) is 0 Å². The van der Waals surface area contributed by atoms with Gasteiger partial charge in [-0.25, -0.2) is 4.79 Å². The van der Waals surface area contributed by atoms with E-state index in [0.717, 1.165) is 60.5 Å². The second kappa shape index (κ2) is 11.8. The van der Waals surface area contributed by atoms with E-state index in [-0.39, 0.29) is 6.03 Å². The summed E-state index contributed by atoms with van der Waals surface area (Å²) in [6.07, 6.45) is 4.28. The highest BCUT2D eigenvalue weighted by molar-refractivity contribution is 6.30. The van der Waals surface area contributed by atoms with Crippen LogP contribution in [0.1, 0.15) is 38.7 Å². The topological polar surface area (TPSA) is 46.3 Å². The predicted octanol–water partition coefficient (Wildman–Crippen LogP) is 5.49. The molecule has 2 amide bonds. The lowest BCUT2D eigenvalue weighted by atomic mass is 10.1. The molecule has 0 aromatic heterocycles. The lowest BCUT2D eigenvalue weighted by Gasteiger charge is -2.37. The second-order valence-corrected chi connectivity index (χ2v) is 8.12. The average Bonchev–Trinajstić information content (AvgIpc) is 2.74. The van der Waals surface area contributed by atoms with Gasteiger partial charge < -0.3 is 10.2 Å². The van der Waals surface area contributed by atoms with Crippen LogP contribution in [0.3, 0.4) is 0 Å². The molecule has 0 spiro atoms. The minimum atomic E-state index is -0.383. The van der Waals surface area contributed by atoms with Crippen LogP contribution in [-0.2, 0) is 6.42 Å². The van der Waals surface area contributed by atoms with Crippen molar-refractivity contribution in [2.24, 2.45) is 5.73 Å². The van der Waals surface area contributed by atoms with E-state index >= 15 is 0 Å². The highest BCUT2D eigenvalue weighted by Gasteiger charge is 2.22. The molecule has 2 aromatic rings. The minimum absolute atomic E-state index is 0.383. The lowest BCUT2D eigenvalue weighted by Crippen LogP contribution is -2.49. The van der Waals surface area contributed by atoms with Crippen LogP contribution in [0.5, 0.6) is 0 Å². The maximum Gasteiger partial charge on any atom is 0.319 e. The summed E-state index contributed by atoms with van der Waals surface area (Å²) >= 11 is 6.00. The number of benzene rings is 2. The summed E-state index contributed by atoms with van der Waals surface area (Å²) < 4.78 is 1.13. The van der Waals surface area contributed by atoms with Crippen molar-refractivity contribution in [1.29, 1.82) is 0 Å². The van der Waals surface area contributed by atoms with Gasteiger partial charge in [0.1, 0.15) is 0 Å². The molecule has 0 aliphatic heterocycles. The molecule has 0 aliphatic rings. The molecular weight excluding hydrogens is 382 g/mol. The quantitative estimate of drug-likeness (QED) is 0.360. The van der Waals surface area contributed by atoms with Crippen LogP contribution >= 0.6 is 11.6 Å². The number of amides is 2. The summed E-state index contributed by atoms with van der Waals surface area (Å²) in [4.78, 5) is 13.5. The molecule has 0 radical (unpaired) electrons. The summed E-state index contributed by atoms with van der Waals surface area (Å²) in [6, 6.07) is 17.5. The van der Waals surface area contributed by atoms with E-state index < -0.39 is 0 Å². The van der Waals surface area contributed by atoms with Crippen LogP contribution < -0.4 is 10.6 Å². The van der Waals surface area contributed by atoms with Crippen LogP contribution in [0.15, 0.2) is 54.6 Å². The monoisotopic (exact) mass is 416 g/mol. The number of anilines is 1. The Kier molecular flexibility index (Phi) is 9.49. The van der Waals surface area contributed by atoms with E-state index in [0.29, 0.717) is 6.54 Å². The van der Waals surface area contributed by atoms with Gasteiger partial charge in [0.15, 0.2) is 0 Å². The van der Waals surface area contributed by atoms with E-state index in [1.807, 2.05) is 42.5 Å². The van der Waals surface area contributed by atoms with E-state index in [4.69, 9.17) is 17.3 Å². The number of nitrogens with two attached hydrogens (primary N) is 1. The molecule has 0 atom stereocenters. The normalized spacial score (nSPS) is 11.4. The number of hydrogen-bond donors (Lipinski definition) is 1. The molecule has 0 saturated carbocycles. The zero-order chi connectivity index (χ0) is 21.1. The third-order valence-corrected chi connectivity index (χ3v) is 6.23. The van der Waals surface area contributed by atoms with Crippen molar-refractivity contribution in [1.82, 2.24) is 0 Å². The van der Waals surface area contributed by atoms with Crippen LogP contribution in [0.4, 0.5) is 10.5 Å². The van der Waals surface area contributed by atoms with Gasteiger partial charge in [0.2, 0.25) is 0 Å². The number of rotatable bonds is 12. The fourth-order valence-corrected chi connectivity index (χ4v) is 3.98. The molecule has 0 unspecified atom stereocenters. The Balaban J connectivity index is 1.80. The van der Waals surface area contributed by atoms with E-state index in [1.165, 1.54) is 12.1 Å². The van der Waals surface area contributed by atoms with E-state index in [2.05, 4.69) is 26.0 Å². The van der Waals surface area contributed by atoms with E-state index in [9.17, 15) is 4.79 Å². The standard InChI is InChI=1S/C24H34ClN3O/c1-3-28(4-2,20-17-21-13-15-22(25)16-14-21)19-10-6-9-18-27(24(26)29)23-11-7-5-8-12-23/h5,7-8,11-16H,3-4,6,9-10,17-20H2,1-2H3,(H-,26,29)/p+1. The van der Waals surface area contributed by atoms with Crippen LogP contribution in [0.2, 0.25) is 5.02 Å². The molecule has 0 fully saturated rings. The van der Waals surface area contributed by atoms with Crippen molar-refractivity contribution >= 4 is 23.3 Å². The molecule has 4 nitrogen and oxygen atoms in total. The van der Waals surface area contributed by atoms with Gasteiger partial charge in [-0.15, -0.1) is 0 Å². The summed E-state index contributed by atoms with van der Waals surface area (Å²) in [6.45, 7) is 9.84. The van der Waals surface area contributed by atoms with E-state index in [1.54, 1.807) is 4.90 Å². The Morgan fingerprint density at radius 3 is 2.17 bits per heavy atom.